The number of anilines is 1. The minimum Gasteiger partial charge on any atom is -0.362 e. The lowest BCUT2D eigenvalue weighted by atomic mass is 9.77. The molecule has 2 rings (SSSR count). The van der Waals surface area contributed by atoms with Gasteiger partial charge in [0.05, 0.1) is 5.54 Å². The predicted molar refractivity (Wildman–Crippen MR) is 82.1 cm³/mol. The van der Waals surface area contributed by atoms with Crippen LogP contribution in [0.3, 0.4) is 0 Å². The molecule has 0 amide bonds. The first-order valence-electron chi connectivity index (χ1n) is 6.85. The average molecular weight is 317 g/mol. The molecule has 1 aliphatic carbocycles. The molecule has 1 fully saturated rings. The van der Waals surface area contributed by atoms with E-state index in [2.05, 4.69) is 17.2 Å². The number of hydrogen-bond acceptors (Lipinski definition) is 4. The quantitative estimate of drug-likeness (QED) is 0.867. The van der Waals surface area contributed by atoms with Crippen molar-refractivity contribution in [3.63, 3.8) is 0 Å². The van der Waals surface area contributed by atoms with Gasteiger partial charge in [-0.2, -0.15) is 0 Å². The molecule has 0 aromatic carbocycles. The second-order valence-electron chi connectivity index (χ2n) is 5.86. The Kier molecular flexibility index (Phi) is 4.59. The fourth-order valence-electron chi connectivity index (χ4n) is 2.96. The smallest absolute Gasteiger partial charge is 0.179 e. The number of sulfone groups is 1. The van der Waals surface area contributed by atoms with Crippen LogP contribution in [0.2, 0.25) is 0 Å². The van der Waals surface area contributed by atoms with E-state index in [1.807, 2.05) is 0 Å². The molecule has 0 spiro atoms. The van der Waals surface area contributed by atoms with Crippen LogP contribution in [0.25, 0.3) is 0 Å². The largest absolute Gasteiger partial charge is 0.362 e. The fraction of sp³-hybridized carbons (Fsp3) is 0.643. The van der Waals surface area contributed by atoms with Crippen molar-refractivity contribution < 1.29 is 8.42 Å². The Labute approximate surface area is 125 Å². The van der Waals surface area contributed by atoms with Crippen LogP contribution in [0.1, 0.15) is 32.6 Å². The van der Waals surface area contributed by atoms with Gasteiger partial charge in [0.15, 0.2) is 9.84 Å². The highest BCUT2D eigenvalue weighted by Crippen LogP contribution is 2.36. The molecule has 1 aromatic heterocycles. The Morgan fingerprint density at radius 1 is 1.55 bits per heavy atom. The zero-order valence-electron chi connectivity index (χ0n) is 11.9. The molecule has 2 atom stereocenters. The molecule has 1 aromatic rings. The second-order valence-corrected chi connectivity index (χ2v) is 8.11. The SMILES string of the molecule is CC1CCCC(CCl)(Nc2ncccc2S(C)(=O)=O)C1. The van der Waals surface area contributed by atoms with Crippen LogP contribution >= 0.6 is 11.6 Å². The maximum Gasteiger partial charge on any atom is 0.179 e. The molecule has 1 saturated carbocycles. The molecular weight excluding hydrogens is 296 g/mol. The van der Waals surface area contributed by atoms with Gasteiger partial charge in [0.1, 0.15) is 10.7 Å². The van der Waals surface area contributed by atoms with Gasteiger partial charge in [0, 0.05) is 18.3 Å². The predicted octanol–water partition coefficient (Wildman–Crippen LogP) is 3.08. The topological polar surface area (TPSA) is 59.1 Å². The van der Waals surface area contributed by atoms with Crippen LogP contribution in [0.4, 0.5) is 5.82 Å². The molecule has 4 nitrogen and oxygen atoms in total. The number of alkyl halides is 1. The average Bonchev–Trinajstić information content (AvgIpc) is 2.38. The molecule has 1 aliphatic rings. The summed E-state index contributed by atoms with van der Waals surface area (Å²) in [5.74, 6) is 1.46. The molecular formula is C14H21ClN2O2S. The van der Waals surface area contributed by atoms with E-state index in [1.54, 1.807) is 18.3 Å². The maximum atomic E-state index is 11.8. The van der Waals surface area contributed by atoms with E-state index in [9.17, 15) is 8.42 Å². The van der Waals surface area contributed by atoms with Gasteiger partial charge < -0.3 is 5.32 Å². The molecule has 1 N–H and O–H groups in total. The van der Waals surface area contributed by atoms with Gasteiger partial charge in [-0.25, -0.2) is 13.4 Å². The number of aromatic nitrogens is 1. The summed E-state index contributed by atoms with van der Waals surface area (Å²) >= 11 is 6.18. The van der Waals surface area contributed by atoms with Crippen LogP contribution in [0.5, 0.6) is 0 Å². The van der Waals surface area contributed by atoms with Gasteiger partial charge in [-0.1, -0.05) is 19.8 Å². The van der Waals surface area contributed by atoms with Crippen molar-refractivity contribution in [2.45, 2.75) is 43.0 Å². The highest BCUT2D eigenvalue weighted by Gasteiger charge is 2.35. The van der Waals surface area contributed by atoms with E-state index in [-0.39, 0.29) is 10.4 Å². The van der Waals surface area contributed by atoms with Gasteiger partial charge in [-0.15, -0.1) is 11.6 Å². The first-order chi connectivity index (χ1) is 9.36. The minimum atomic E-state index is -3.30. The van der Waals surface area contributed by atoms with Crippen molar-refractivity contribution in [1.82, 2.24) is 4.98 Å². The number of halogens is 1. The molecule has 112 valence electrons. The molecule has 1 heterocycles. The highest BCUT2D eigenvalue weighted by atomic mass is 35.5. The van der Waals surface area contributed by atoms with Crippen molar-refractivity contribution >= 4 is 27.3 Å². The zero-order valence-corrected chi connectivity index (χ0v) is 13.5. The van der Waals surface area contributed by atoms with Crippen LogP contribution in [-0.2, 0) is 9.84 Å². The number of hydrogen-bond donors (Lipinski definition) is 1. The van der Waals surface area contributed by atoms with E-state index in [0.29, 0.717) is 17.6 Å². The van der Waals surface area contributed by atoms with Crippen molar-refractivity contribution in [3.8, 4) is 0 Å². The van der Waals surface area contributed by atoms with Gasteiger partial charge in [-0.05, 0) is 30.9 Å². The Bertz CT molecular complexity index is 576. The van der Waals surface area contributed by atoms with Crippen LogP contribution in [-0.4, -0.2) is 31.1 Å². The molecule has 2 unspecified atom stereocenters. The molecule has 0 saturated heterocycles. The number of rotatable bonds is 4. The Balaban J connectivity index is 2.33. The Hall–Kier alpha value is -0.810. The van der Waals surface area contributed by atoms with Crippen molar-refractivity contribution in [2.75, 3.05) is 17.5 Å². The third-order valence-electron chi connectivity index (χ3n) is 3.90. The molecule has 20 heavy (non-hydrogen) atoms. The van der Waals surface area contributed by atoms with Gasteiger partial charge in [0.2, 0.25) is 0 Å². The summed E-state index contributed by atoms with van der Waals surface area (Å²) in [4.78, 5) is 4.45. The van der Waals surface area contributed by atoms with Gasteiger partial charge >= 0.3 is 0 Å². The lowest BCUT2D eigenvalue weighted by Gasteiger charge is -2.40. The summed E-state index contributed by atoms with van der Waals surface area (Å²) in [5.41, 5.74) is -0.257. The standard InChI is InChI=1S/C14H21ClN2O2S/c1-11-5-3-7-14(9-11,10-15)17-13-12(20(2,18)19)6-4-8-16-13/h4,6,8,11H,3,5,7,9-10H2,1-2H3,(H,16,17). The van der Waals surface area contributed by atoms with E-state index >= 15 is 0 Å². The molecule has 0 bridgehead atoms. The summed E-state index contributed by atoms with van der Waals surface area (Å²) in [6, 6.07) is 3.22. The van der Waals surface area contributed by atoms with Gasteiger partial charge in [0.25, 0.3) is 0 Å². The number of pyridine rings is 1. The minimum absolute atomic E-state index is 0.239. The van der Waals surface area contributed by atoms with E-state index in [0.717, 1.165) is 19.3 Å². The first-order valence-corrected chi connectivity index (χ1v) is 9.28. The summed E-state index contributed by atoms with van der Waals surface area (Å²) in [7, 11) is -3.30. The van der Waals surface area contributed by atoms with E-state index in [1.165, 1.54) is 12.7 Å². The number of nitrogens with one attached hydrogen (secondary N) is 1. The summed E-state index contributed by atoms with van der Waals surface area (Å²) < 4.78 is 23.7. The normalized spacial score (nSPS) is 27.2. The van der Waals surface area contributed by atoms with Crippen molar-refractivity contribution in [3.05, 3.63) is 18.3 Å². The second kappa shape index (κ2) is 5.90. The van der Waals surface area contributed by atoms with Crippen LogP contribution in [0, 0.1) is 5.92 Å². The van der Waals surface area contributed by atoms with E-state index < -0.39 is 9.84 Å². The van der Waals surface area contributed by atoms with Crippen molar-refractivity contribution in [2.24, 2.45) is 5.92 Å². The summed E-state index contributed by atoms with van der Waals surface area (Å²) in [6.07, 6.45) is 6.98. The van der Waals surface area contributed by atoms with Gasteiger partial charge in [-0.3, -0.25) is 0 Å². The molecule has 0 radical (unpaired) electrons. The van der Waals surface area contributed by atoms with Crippen molar-refractivity contribution in [1.29, 1.82) is 0 Å². The fourth-order valence-corrected chi connectivity index (χ4v) is 4.05. The molecule has 6 heteroatoms. The monoisotopic (exact) mass is 316 g/mol. The first kappa shape index (κ1) is 15.6. The van der Waals surface area contributed by atoms with E-state index in [4.69, 9.17) is 11.6 Å². The van der Waals surface area contributed by atoms with Crippen LogP contribution in [0.15, 0.2) is 23.2 Å². The third-order valence-corrected chi connectivity index (χ3v) is 5.54. The Morgan fingerprint density at radius 2 is 2.30 bits per heavy atom. The Morgan fingerprint density at radius 3 is 2.90 bits per heavy atom. The third kappa shape index (κ3) is 3.44. The zero-order chi connectivity index (χ0) is 14.8. The maximum absolute atomic E-state index is 11.8. The van der Waals surface area contributed by atoms with Crippen LogP contribution < -0.4 is 5.32 Å². The summed E-state index contributed by atoms with van der Waals surface area (Å²) in [6.45, 7) is 2.21. The molecule has 0 aliphatic heterocycles. The summed E-state index contributed by atoms with van der Waals surface area (Å²) in [5, 5.41) is 3.33. The highest BCUT2D eigenvalue weighted by molar-refractivity contribution is 7.90. The lowest BCUT2D eigenvalue weighted by molar-refractivity contribution is 0.278. The lowest BCUT2D eigenvalue weighted by Crippen LogP contribution is -2.44. The number of nitrogens with zero attached hydrogens (tertiary/aromatic N) is 1.